The summed E-state index contributed by atoms with van der Waals surface area (Å²) in [4.78, 5) is 27.3. The molecule has 1 aromatic rings. The van der Waals surface area contributed by atoms with E-state index in [2.05, 4.69) is 5.32 Å². The molecule has 5 nitrogen and oxygen atoms in total. The Morgan fingerprint density at radius 3 is 2.91 bits per heavy atom. The molecule has 0 bridgehead atoms. The van der Waals surface area contributed by atoms with Crippen LogP contribution in [0.4, 0.5) is 0 Å². The number of likely N-dealkylation sites (tertiary alicyclic amines) is 1. The smallest absolute Gasteiger partial charge is 0.240 e. The molecule has 6 heteroatoms. The van der Waals surface area contributed by atoms with Crippen LogP contribution < -0.4 is 5.32 Å². The van der Waals surface area contributed by atoms with E-state index in [1.54, 1.807) is 16.2 Å². The van der Waals surface area contributed by atoms with E-state index in [9.17, 15) is 14.7 Å². The second-order valence-corrected chi connectivity index (χ2v) is 7.55. The van der Waals surface area contributed by atoms with E-state index in [1.165, 1.54) is 0 Å². The lowest BCUT2D eigenvalue weighted by Crippen LogP contribution is -2.45. The molecule has 2 N–H and O–H groups in total. The molecular formula is C17H24N2O3S. The summed E-state index contributed by atoms with van der Waals surface area (Å²) in [7, 11) is 0. The molecule has 2 heterocycles. The van der Waals surface area contributed by atoms with Crippen molar-refractivity contribution >= 4 is 23.2 Å². The highest BCUT2D eigenvalue weighted by Crippen LogP contribution is 2.39. The number of rotatable bonds is 5. The first-order valence-corrected chi connectivity index (χ1v) is 9.30. The van der Waals surface area contributed by atoms with Crippen LogP contribution in [0.25, 0.3) is 0 Å². The third-order valence-electron chi connectivity index (χ3n) is 4.79. The molecule has 3 rings (SSSR count). The van der Waals surface area contributed by atoms with Crippen molar-refractivity contribution in [2.75, 3.05) is 13.1 Å². The number of aliphatic hydroxyl groups is 1. The summed E-state index contributed by atoms with van der Waals surface area (Å²) in [6, 6.07) is 3.96. The number of carbonyl (C=O) groups excluding carboxylic acids is 2. The molecule has 1 saturated carbocycles. The summed E-state index contributed by atoms with van der Waals surface area (Å²) in [5.41, 5.74) is 0. The number of hydrogen-bond acceptors (Lipinski definition) is 4. The zero-order valence-electron chi connectivity index (χ0n) is 13.2. The molecule has 1 saturated heterocycles. The van der Waals surface area contributed by atoms with Crippen molar-refractivity contribution in [2.45, 2.75) is 50.7 Å². The third kappa shape index (κ3) is 4.12. The largest absolute Gasteiger partial charge is 0.393 e. The van der Waals surface area contributed by atoms with Crippen LogP contribution in [-0.2, 0) is 9.59 Å². The minimum Gasteiger partial charge on any atom is -0.393 e. The van der Waals surface area contributed by atoms with E-state index in [4.69, 9.17) is 0 Å². The maximum absolute atomic E-state index is 12.4. The van der Waals surface area contributed by atoms with Crippen LogP contribution in [-0.4, -0.2) is 41.0 Å². The summed E-state index contributed by atoms with van der Waals surface area (Å²) < 4.78 is 0. The highest BCUT2D eigenvalue weighted by Gasteiger charge is 2.36. The highest BCUT2D eigenvalue weighted by atomic mass is 32.1. The summed E-state index contributed by atoms with van der Waals surface area (Å²) in [6.45, 7) is 0.827. The summed E-state index contributed by atoms with van der Waals surface area (Å²) >= 11 is 1.62. The number of carbonyl (C=O) groups is 2. The Labute approximate surface area is 140 Å². The van der Waals surface area contributed by atoms with Crippen molar-refractivity contribution in [2.24, 2.45) is 5.92 Å². The molecule has 0 aromatic carbocycles. The van der Waals surface area contributed by atoms with Gasteiger partial charge in [-0.3, -0.25) is 9.59 Å². The van der Waals surface area contributed by atoms with Crippen molar-refractivity contribution in [1.82, 2.24) is 10.2 Å². The molecule has 23 heavy (non-hydrogen) atoms. The predicted octanol–water partition coefficient (Wildman–Crippen LogP) is 2.08. The van der Waals surface area contributed by atoms with Crippen LogP contribution in [0, 0.1) is 5.92 Å². The second kappa shape index (κ2) is 7.45. The summed E-state index contributed by atoms with van der Waals surface area (Å²) in [5.74, 6) is 0.275. The molecule has 2 aliphatic rings. The van der Waals surface area contributed by atoms with Gasteiger partial charge in [-0.05, 0) is 43.0 Å². The van der Waals surface area contributed by atoms with Crippen LogP contribution in [0.2, 0.25) is 0 Å². The van der Waals surface area contributed by atoms with Gasteiger partial charge < -0.3 is 15.3 Å². The highest BCUT2D eigenvalue weighted by molar-refractivity contribution is 7.10. The molecule has 0 unspecified atom stereocenters. The summed E-state index contributed by atoms with van der Waals surface area (Å²) in [5, 5.41) is 14.7. The molecular weight excluding hydrogens is 312 g/mol. The Hall–Kier alpha value is -1.40. The van der Waals surface area contributed by atoms with E-state index in [-0.39, 0.29) is 36.4 Å². The number of nitrogens with zero attached hydrogens (tertiary/aromatic N) is 1. The first-order chi connectivity index (χ1) is 11.1. The number of amides is 2. The van der Waals surface area contributed by atoms with Crippen molar-refractivity contribution in [1.29, 1.82) is 0 Å². The monoisotopic (exact) mass is 336 g/mol. The molecule has 0 radical (unpaired) electrons. The number of aliphatic hydroxyl groups excluding tert-OH is 1. The Bertz CT molecular complexity index is 540. The topological polar surface area (TPSA) is 69.6 Å². The lowest BCUT2D eigenvalue weighted by Gasteiger charge is -2.38. The molecule has 1 atom stereocenters. The third-order valence-corrected chi connectivity index (χ3v) is 5.75. The van der Waals surface area contributed by atoms with Gasteiger partial charge in [0.25, 0.3) is 0 Å². The van der Waals surface area contributed by atoms with Crippen molar-refractivity contribution in [3.05, 3.63) is 22.4 Å². The number of thiophene rings is 1. The minimum atomic E-state index is -0.244. The van der Waals surface area contributed by atoms with Gasteiger partial charge in [-0.15, -0.1) is 11.3 Å². The SMILES string of the molecule is O=C(CN1CCCCCC1=O)N[C@H](c1cccs1)C1CC(O)C1. The van der Waals surface area contributed by atoms with E-state index in [0.29, 0.717) is 13.0 Å². The average Bonchev–Trinajstić information content (AvgIpc) is 2.95. The van der Waals surface area contributed by atoms with Crippen molar-refractivity contribution < 1.29 is 14.7 Å². The zero-order chi connectivity index (χ0) is 16.2. The average molecular weight is 336 g/mol. The van der Waals surface area contributed by atoms with Crippen LogP contribution in [0.15, 0.2) is 17.5 Å². The van der Waals surface area contributed by atoms with Gasteiger partial charge in [0.05, 0.1) is 18.7 Å². The minimum absolute atomic E-state index is 0.0482. The van der Waals surface area contributed by atoms with Crippen LogP contribution in [0.1, 0.15) is 49.4 Å². The van der Waals surface area contributed by atoms with E-state index in [1.807, 2.05) is 17.5 Å². The number of nitrogens with one attached hydrogen (secondary N) is 1. The normalized spacial score (nSPS) is 26.3. The van der Waals surface area contributed by atoms with Gasteiger partial charge in [-0.1, -0.05) is 12.5 Å². The number of hydrogen-bond donors (Lipinski definition) is 2. The maximum Gasteiger partial charge on any atom is 0.240 e. The molecule has 2 amide bonds. The van der Waals surface area contributed by atoms with Crippen molar-refractivity contribution in [3.63, 3.8) is 0 Å². The fourth-order valence-corrected chi connectivity index (χ4v) is 4.26. The van der Waals surface area contributed by atoms with Gasteiger partial charge in [-0.25, -0.2) is 0 Å². The first-order valence-electron chi connectivity index (χ1n) is 8.42. The Morgan fingerprint density at radius 1 is 1.39 bits per heavy atom. The quantitative estimate of drug-likeness (QED) is 0.865. The van der Waals surface area contributed by atoms with Crippen molar-refractivity contribution in [3.8, 4) is 0 Å². The second-order valence-electron chi connectivity index (χ2n) is 6.57. The fraction of sp³-hybridized carbons (Fsp3) is 0.647. The van der Waals surface area contributed by atoms with Gasteiger partial charge in [0.15, 0.2) is 0 Å². The predicted molar refractivity (Wildman–Crippen MR) is 89.0 cm³/mol. The summed E-state index contributed by atoms with van der Waals surface area (Å²) in [6.07, 6.45) is 4.72. The lowest BCUT2D eigenvalue weighted by molar-refractivity contribution is -0.136. The van der Waals surface area contributed by atoms with E-state index >= 15 is 0 Å². The van der Waals surface area contributed by atoms with Crippen LogP contribution in [0.3, 0.4) is 0 Å². The van der Waals surface area contributed by atoms with Gasteiger partial charge in [-0.2, -0.15) is 0 Å². The molecule has 1 aliphatic heterocycles. The standard InChI is InChI=1S/C17H24N2O3S/c20-13-9-12(10-13)17(14-5-4-8-23-14)18-15(21)11-19-7-3-1-2-6-16(19)22/h4-5,8,12-13,17,20H,1-3,6-7,9-11H2,(H,18,21)/t12?,13?,17-/m0/s1. The molecule has 1 aliphatic carbocycles. The Morgan fingerprint density at radius 2 is 2.22 bits per heavy atom. The van der Waals surface area contributed by atoms with Crippen LogP contribution in [0.5, 0.6) is 0 Å². The molecule has 126 valence electrons. The molecule has 1 aromatic heterocycles. The molecule has 0 spiro atoms. The zero-order valence-corrected chi connectivity index (χ0v) is 14.1. The maximum atomic E-state index is 12.4. The van der Waals surface area contributed by atoms with Gasteiger partial charge >= 0.3 is 0 Å². The Balaban J connectivity index is 1.60. The Kier molecular flexibility index (Phi) is 5.33. The van der Waals surface area contributed by atoms with E-state index < -0.39 is 0 Å². The van der Waals surface area contributed by atoms with Gasteiger partial charge in [0.2, 0.25) is 11.8 Å². The van der Waals surface area contributed by atoms with E-state index in [0.717, 1.165) is 37.0 Å². The fourth-order valence-electron chi connectivity index (χ4n) is 3.39. The van der Waals surface area contributed by atoms with Crippen LogP contribution >= 0.6 is 11.3 Å². The van der Waals surface area contributed by atoms with Gasteiger partial charge in [0, 0.05) is 17.8 Å². The molecule has 2 fully saturated rings. The first kappa shape index (κ1) is 16.5. The van der Waals surface area contributed by atoms with Gasteiger partial charge in [0.1, 0.15) is 0 Å². The lowest BCUT2D eigenvalue weighted by atomic mass is 9.77.